The lowest BCUT2D eigenvalue weighted by Gasteiger charge is -2.14. The minimum absolute atomic E-state index is 0.0493. The van der Waals surface area contributed by atoms with Crippen LogP contribution in [0.5, 0.6) is 11.8 Å². The van der Waals surface area contributed by atoms with Gasteiger partial charge in [0.15, 0.2) is 6.61 Å². The van der Waals surface area contributed by atoms with Crippen molar-refractivity contribution in [2.24, 2.45) is 0 Å². The molecule has 0 atom stereocenters. The van der Waals surface area contributed by atoms with Crippen molar-refractivity contribution >= 4 is 11.0 Å². The Bertz CT molecular complexity index is 962. The zero-order valence-corrected chi connectivity index (χ0v) is 14.5. The first-order valence-corrected chi connectivity index (χ1v) is 8.42. The van der Waals surface area contributed by atoms with E-state index in [1.807, 2.05) is 6.92 Å². The smallest absolute Gasteiger partial charge is 0.422 e. The summed E-state index contributed by atoms with van der Waals surface area (Å²) in [7, 11) is 0. The number of nitrogens with zero attached hydrogens (tertiary/aromatic N) is 2. The van der Waals surface area contributed by atoms with E-state index in [2.05, 4.69) is 9.97 Å². The highest BCUT2D eigenvalue weighted by Crippen LogP contribution is 2.22. The minimum atomic E-state index is -4.42. The number of unbranched alkanes of at least 4 members (excludes halogenated alkanes) is 1. The van der Waals surface area contributed by atoms with E-state index in [0.717, 1.165) is 12.8 Å². The van der Waals surface area contributed by atoms with E-state index >= 15 is 0 Å². The van der Waals surface area contributed by atoms with E-state index in [4.69, 9.17) is 9.47 Å². The maximum atomic E-state index is 12.8. The van der Waals surface area contributed by atoms with Crippen molar-refractivity contribution in [1.29, 1.82) is 0 Å². The number of hydrogen-bond donors (Lipinski definition) is 1. The van der Waals surface area contributed by atoms with Crippen molar-refractivity contribution in [1.82, 2.24) is 14.5 Å². The number of alkyl halides is 3. The summed E-state index contributed by atoms with van der Waals surface area (Å²) < 4.78 is 48.4. The number of benzene rings is 1. The highest BCUT2D eigenvalue weighted by atomic mass is 19.4. The van der Waals surface area contributed by atoms with E-state index in [1.54, 1.807) is 12.3 Å². The third kappa shape index (κ3) is 4.42. The second kappa shape index (κ2) is 7.73. The molecule has 27 heavy (non-hydrogen) atoms. The van der Waals surface area contributed by atoms with E-state index in [1.165, 1.54) is 28.8 Å². The Hall–Kier alpha value is -2.97. The van der Waals surface area contributed by atoms with Crippen molar-refractivity contribution in [2.75, 3.05) is 13.2 Å². The van der Waals surface area contributed by atoms with Crippen LogP contribution in [0.4, 0.5) is 13.2 Å². The summed E-state index contributed by atoms with van der Waals surface area (Å²) in [5.74, 6) is 0.0493. The lowest BCUT2D eigenvalue weighted by atomic mass is 10.3. The summed E-state index contributed by atoms with van der Waals surface area (Å²) in [6.45, 7) is 1.02. The van der Waals surface area contributed by atoms with Crippen LogP contribution in [-0.2, 0) is 0 Å². The van der Waals surface area contributed by atoms with Crippen molar-refractivity contribution in [3.8, 4) is 17.4 Å². The normalized spacial score (nSPS) is 11.7. The maximum Gasteiger partial charge on any atom is 0.422 e. The Morgan fingerprint density at radius 3 is 2.56 bits per heavy atom. The maximum absolute atomic E-state index is 12.8. The quantitative estimate of drug-likeness (QED) is 0.632. The zero-order chi connectivity index (χ0) is 19.4. The summed E-state index contributed by atoms with van der Waals surface area (Å²) in [6.07, 6.45) is -1.10. The molecule has 9 heteroatoms. The number of aromatic nitrogens is 3. The van der Waals surface area contributed by atoms with E-state index < -0.39 is 12.8 Å². The molecule has 0 unspecified atom stereocenters. The molecule has 0 aliphatic rings. The second-order valence-corrected chi connectivity index (χ2v) is 5.87. The van der Waals surface area contributed by atoms with Gasteiger partial charge in [0.05, 0.1) is 17.7 Å². The number of H-pyrrole nitrogens is 1. The van der Waals surface area contributed by atoms with Gasteiger partial charge >= 0.3 is 12.2 Å². The Balaban J connectivity index is 1.95. The fraction of sp³-hybridized carbons (Fsp3) is 0.333. The van der Waals surface area contributed by atoms with E-state index in [-0.39, 0.29) is 17.3 Å². The highest BCUT2D eigenvalue weighted by Gasteiger charge is 2.28. The Labute approximate surface area is 152 Å². The number of halogens is 3. The SMILES string of the molecule is CCCCOc1nc2[nH]ccc2c(=O)n1-c1ccc(OCC(F)(F)F)cc1. The number of hydrogen-bond acceptors (Lipinski definition) is 4. The van der Waals surface area contributed by atoms with Gasteiger partial charge in [-0.2, -0.15) is 18.2 Å². The molecule has 6 nitrogen and oxygen atoms in total. The van der Waals surface area contributed by atoms with E-state index in [9.17, 15) is 18.0 Å². The molecule has 1 N–H and O–H groups in total. The van der Waals surface area contributed by atoms with E-state index in [0.29, 0.717) is 23.3 Å². The van der Waals surface area contributed by atoms with Crippen LogP contribution in [0.15, 0.2) is 41.3 Å². The lowest BCUT2D eigenvalue weighted by molar-refractivity contribution is -0.153. The molecule has 1 aromatic carbocycles. The van der Waals surface area contributed by atoms with Gasteiger partial charge < -0.3 is 14.5 Å². The lowest BCUT2D eigenvalue weighted by Crippen LogP contribution is -2.22. The molecule has 0 saturated heterocycles. The molecule has 0 spiro atoms. The summed E-state index contributed by atoms with van der Waals surface area (Å²) in [4.78, 5) is 20.0. The minimum Gasteiger partial charge on any atom is -0.484 e. The first kappa shape index (κ1) is 18.8. The molecule has 3 rings (SSSR count). The van der Waals surface area contributed by atoms with Crippen LogP contribution >= 0.6 is 0 Å². The first-order valence-electron chi connectivity index (χ1n) is 8.42. The van der Waals surface area contributed by atoms with Gasteiger partial charge in [0.1, 0.15) is 11.4 Å². The Morgan fingerprint density at radius 1 is 1.15 bits per heavy atom. The largest absolute Gasteiger partial charge is 0.484 e. The van der Waals surface area contributed by atoms with Crippen molar-refractivity contribution in [2.45, 2.75) is 25.9 Å². The van der Waals surface area contributed by atoms with Crippen LogP contribution in [0.2, 0.25) is 0 Å². The number of aromatic amines is 1. The van der Waals surface area contributed by atoms with Crippen LogP contribution in [0, 0.1) is 0 Å². The van der Waals surface area contributed by atoms with Crippen LogP contribution < -0.4 is 15.0 Å². The Morgan fingerprint density at radius 2 is 1.89 bits per heavy atom. The predicted molar refractivity (Wildman–Crippen MR) is 93.6 cm³/mol. The molecule has 0 saturated carbocycles. The third-order valence-corrected chi connectivity index (χ3v) is 3.78. The summed E-state index contributed by atoms with van der Waals surface area (Å²) in [5.41, 5.74) is 0.492. The molecular formula is C18H18F3N3O3. The molecule has 2 aromatic heterocycles. The van der Waals surface area contributed by atoms with Crippen LogP contribution in [0.25, 0.3) is 16.7 Å². The standard InChI is InChI=1S/C18H18F3N3O3/c1-2-3-10-26-17-23-15-14(8-9-22-15)16(25)24(17)12-4-6-13(7-5-12)27-11-18(19,20)21/h4-9,22H,2-3,10-11H2,1H3. The summed E-state index contributed by atoms with van der Waals surface area (Å²) in [5, 5.41) is 0.384. The van der Waals surface area contributed by atoms with Gasteiger partial charge in [0, 0.05) is 6.20 Å². The molecular weight excluding hydrogens is 363 g/mol. The second-order valence-electron chi connectivity index (χ2n) is 5.87. The molecule has 0 amide bonds. The van der Waals surface area contributed by atoms with Crippen LogP contribution in [0.1, 0.15) is 19.8 Å². The van der Waals surface area contributed by atoms with Gasteiger partial charge in [-0.1, -0.05) is 13.3 Å². The average Bonchev–Trinajstić information content (AvgIpc) is 3.09. The topological polar surface area (TPSA) is 69.1 Å². The molecule has 144 valence electrons. The van der Waals surface area contributed by atoms with Gasteiger partial charge in [0.25, 0.3) is 5.56 Å². The van der Waals surface area contributed by atoms with Gasteiger partial charge in [-0.3, -0.25) is 4.79 Å². The molecule has 2 heterocycles. The third-order valence-electron chi connectivity index (χ3n) is 3.78. The average molecular weight is 381 g/mol. The van der Waals surface area contributed by atoms with Crippen LogP contribution in [-0.4, -0.2) is 33.9 Å². The highest BCUT2D eigenvalue weighted by molar-refractivity contribution is 5.75. The monoisotopic (exact) mass is 381 g/mol. The number of ether oxygens (including phenoxy) is 2. The zero-order valence-electron chi connectivity index (χ0n) is 14.5. The fourth-order valence-electron chi connectivity index (χ4n) is 2.47. The van der Waals surface area contributed by atoms with Gasteiger partial charge in [-0.15, -0.1) is 0 Å². The number of nitrogens with one attached hydrogen (secondary N) is 1. The fourth-order valence-corrected chi connectivity index (χ4v) is 2.47. The van der Waals surface area contributed by atoms with Crippen molar-refractivity contribution in [3.63, 3.8) is 0 Å². The van der Waals surface area contributed by atoms with Gasteiger partial charge in [-0.25, -0.2) is 4.57 Å². The predicted octanol–water partition coefficient (Wildman–Crippen LogP) is 3.83. The molecule has 3 aromatic rings. The van der Waals surface area contributed by atoms with Crippen LogP contribution in [0.3, 0.4) is 0 Å². The molecule has 0 aliphatic carbocycles. The molecule has 0 bridgehead atoms. The summed E-state index contributed by atoms with van der Waals surface area (Å²) in [6, 6.07) is 7.43. The molecule has 0 radical (unpaired) electrons. The summed E-state index contributed by atoms with van der Waals surface area (Å²) >= 11 is 0. The van der Waals surface area contributed by atoms with Crippen molar-refractivity contribution < 1.29 is 22.6 Å². The van der Waals surface area contributed by atoms with Gasteiger partial charge in [-0.05, 0) is 36.8 Å². The Kier molecular flexibility index (Phi) is 5.38. The van der Waals surface area contributed by atoms with Gasteiger partial charge in [0.2, 0.25) is 0 Å². The molecule has 0 aliphatic heterocycles. The number of rotatable bonds is 7. The first-order chi connectivity index (χ1) is 12.9. The van der Waals surface area contributed by atoms with Crippen molar-refractivity contribution in [3.05, 3.63) is 46.9 Å². The number of fused-ring (bicyclic) bond motifs is 1. The molecule has 0 fully saturated rings.